The van der Waals surface area contributed by atoms with Crippen LogP contribution in [0.15, 0.2) is 24.3 Å². The minimum Gasteiger partial charge on any atom is -0.481 e. The van der Waals surface area contributed by atoms with Crippen molar-refractivity contribution in [3.63, 3.8) is 0 Å². The van der Waals surface area contributed by atoms with E-state index in [4.69, 9.17) is 5.11 Å². The van der Waals surface area contributed by atoms with E-state index in [0.717, 1.165) is 25.7 Å². The fourth-order valence-corrected chi connectivity index (χ4v) is 2.09. The molecule has 0 saturated carbocycles. The first-order valence-electron chi connectivity index (χ1n) is 8.29. The maximum atomic E-state index is 10.3. The van der Waals surface area contributed by atoms with Gasteiger partial charge in [0.2, 0.25) is 0 Å². The predicted octanol–water partition coefficient (Wildman–Crippen LogP) is 6.50. The molecule has 0 radical (unpaired) electrons. The summed E-state index contributed by atoms with van der Waals surface area (Å²) in [6.07, 6.45) is 22.3. The fourth-order valence-electron chi connectivity index (χ4n) is 2.09. The number of rotatable bonds is 14. The smallest absolute Gasteiger partial charge is 0.303 e. The van der Waals surface area contributed by atoms with Crippen LogP contribution in [0.5, 0.6) is 0 Å². The molecule has 0 atom stereocenters. The van der Waals surface area contributed by atoms with Gasteiger partial charge in [0.15, 0.2) is 0 Å². The summed E-state index contributed by atoms with van der Waals surface area (Å²) in [5, 5.41) is 8.50. The molecule has 0 heterocycles. The SMILES string of the molecule is CCCCC/C=C\C/C=C\CCCCCCCC(=O)O.I. The topological polar surface area (TPSA) is 37.3 Å². The Labute approximate surface area is 148 Å². The Morgan fingerprint density at radius 2 is 1.33 bits per heavy atom. The van der Waals surface area contributed by atoms with E-state index in [0.29, 0.717) is 6.42 Å². The summed E-state index contributed by atoms with van der Waals surface area (Å²) in [5.41, 5.74) is 0. The maximum absolute atomic E-state index is 10.3. The highest BCUT2D eigenvalue weighted by Gasteiger charge is 1.95. The lowest BCUT2D eigenvalue weighted by Crippen LogP contribution is -1.93. The summed E-state index contributed by atoms with van der Waals surface area (Å²) < 4.78 is 0. The largest absolute Gasteiger partial charge is 0.481 e. The summed E-state index contributed by atoms with van der Waals surface area (Å²) in [7, 11) is 0. The van der Waals surface area contributed by atoms with Gasteiger partial charge in [-0.1, -0.05) is 63.3 Å². The zero-order chi connectivity index (χ0) is 14.9. The number of carboxylic acids is 1. The van der Waals surface area contributed by atoms with Crippen LogP contribution in [-0.2, 0) is 4.79 Å². The lowest BCUT2D eigenvalue weighted by Gasteiger charge is -1.98. The van der Waals surface area contributed by atoms with Crippen LogP contribution in [0.1, 0.15) is 84.0 Å². The minimum atomic E-state index is -0.671. The molecule has 0 aromatic carbocycles. The molecular formula is C18H33IO2. The van der Waals surface area contributed by atoms with E-state index < -0.39 is 5.97 Å². The van der Waals surface area contributed by atoms with Gasteiger partial charge in [-0.05, 0) is 38.5 Å². The van der Waals surface area contributed by atoms with Gasteiger partial charge in [-0.2, -0.15) is 0 Å². The number of unbranched alkanes of at least 4 members (excludes halogenated alkanes) is 8. The van der Waals surface area contributed by atoms with Crippen molar-refractivity contribution in [2.75, 3.05) is 0 Å². The third-order valence-electron chi connectivity index (χ3n) is 3.34. The first kappa shape index (κ1) is 23.0. The maximum Gasteiger partial charge on any atom is 0.303 e. The van der Waals surface area contributed by atoms with Crippen LogP contribution in [0.25, 0.3) is 0 Å². The van der Waals surface area contributed by atoms with E-state index in [1.807, 2.05) is 0 Å². The molecule has 0 aliphatic carbocycles. The highest BCUT2D eigenvalue weighted by molar-refractivity contribution is 14.0. The van der Waals surface area contributed by atoms with Crippen molar-refractivity contribution in [3.05, 3.63) is 24.3 Å². The van der Waals surface area contributed by atoms with Crippen LogP contribution < -0.4 is 0 Å². The second kappa shape index (κ2) is 19.7. The third kappa shape index (κ3) is 22.1. The third-order valence-corrected chi connectivity index (χ3v) is 3.34. The number of allylic oxidation sites excluding steroid dienone is 4. The summed E-state index contributed by atoms with van der Waals surface area (Å²) in [5.74, 6) is -0.671. The highest BCUT2D eigenvalue weighted by Crippen LogP contribution is 2.08. The molecule has 0 fully saturated rings. The van der Waals surface area contributed by atoms with Gasteiger partial charge in [-0.25, -0.2) is 0 Å². The molecule has 0 rings (SSSR count). The highest BCUT2D eigenvalue weighted by atomic mass is 127. The quantitative estimate of drug-likeness (QED) is 0.202. The van der Waals surface area contributed by atoms with Crippen molar-refractivity contribution in [1.29, 1.82) is 0 Å². The van der Waals surface area contributed by atoms with E-state index in [9.17, 15) is 4.79 Å². The van der Waals surface area contributed by atoms with E-state index in [2.05, 4.69) is 31.2 Å². The average Bonchev–Trinajstić information content (AvgIpc) is 2.43. The molecule has 3 heteroatoms. The standard InChI is InChI=1S/C18H32O2.HI/c1-2-3-4-5-6-7-8-9-10-11-12-13-14-15-16-17-18(19)20;/h6-7,9-10H,2-5,8,11-17H2,1H3,(H,19,20);1H/b7-6-,10-9-;. The first-order valence-corrected chi connectivity index (χ1v) is 8.29. The lowest BCUT2D eigenvalue weighted by molar-refractivity contribution is -0.137. The van der Waals surface area contributed by atoms with Crippen molar-refractivity contribution >= 4 is 29.9 Å². The molecular weight excluding hydrogens is 375 g/mol. The van der Waals surface area contributed by atoms with Crippen LogP contribution in [-0.4, -0.2) is 11.1 Å². The molecule has 0 saturated heterocycles. The normalized spacial score (nSPS) is 11.1. The molecule has 0 bridgehead atoms. The summed E-state index contributed by atoms with van der Waals surface area (Å²) in [6.45, 7) is 2.23. The van der Waals surface area contributed by atoms with Crippen LogP contribution >= 0.6 is 24.0 Å². The van der Waals surface area contributed by atoms with Crippen molar-refractivity contribution in [3.8, 4) is 0 Å². The van der Waals surface area contributed by atoms with Crippen molar-refractivity contribution in [2.24, 2.45) is 0 Å². The van der Waals surface area contributed by atoms with Crippen molar-refractivity contribution in [1.82, 2.24) is 0 Å². The second-order valence-electron chi connectivity index (χ2n) is 5.37. The Morgan fingerprint density at radius 3 is 1.90 bits per heavy atom. The van der Waals surface area contributed by atoms with E-state index in [1.165, 1.54) is 44.9 Å². The number of aliphatic carboxylic acids is 1. The Balaban J connectivity index is 0. The molecule has 1 N–H and O–H groups in total. The molecule has 0 aromatic heterocycles. The molecule has 0 amide bonds. The van der Waals surface area contributed by atoms with Gasteiger partial charge in [-0.15, -0.1) is 24.0 Å². The van der Waals surface area contributed by atoms with Gasteiger partial charge in [0, 0.05) is 6.42 Å². The Bertz CT molecular complexity index is 272. The summed E-state index contributed by atoms with van der Waals surface area (Å²) >= 11 is 0. The number of hydrogen-bond donors (Lipinski definition) is 1. The zero-order valence-electron chi connectivity index (χ0n) is 13.6. The Hall–Kier alpha value is -0.320. The van der Waals surface area contributed by atoms with Gasteiger partial charge in [0.05, 0.1) is 0 Å². The van der Waals surface area contributed by atoms with Crippen LogP contribution in [0.2, 0.25) is 0 Å². The van der Waals surface area contributed by atoms with Crippen molar-refractivity contribution < 1.29 is 9.90 Å². The fraction of sp³-hybridized carbons (Fsp3) is 0.722. The van der Waals surface area contributed by atoms with Crippen LogP contribution in [0, 0.1) is 0 Å². The summed E-state index contributed by atoms with van der Waals surface area (Å²) in [4.78, 5) is 10.3. The van der Waals surface area contributed by atoms with E-state index in [1.54, 1.807) is 0 Å². The van der Waals surface area contributed by atoms with Crippen LogP contribution in [0.4, 0.5) is 0 Å². The van der Waals surface area contributed by atoms with Gasteiger partial charge >= 0.3 is 5.97 Å². The van der Waals surface area contributed by atoms with Gasteiger partial charge < -0.3 is 5.11 Å². The average molecular weight is 408 g/mol. The molecule has 0 unspecified atom stereocenters. The van der Waals surface area contributed by atoms with Gasteiger partial charge in [-0.3, -0.25) is 4.79 Å². The Kier molecular flexibility index (Phi) is 21.5. The molecule has 21 heavy (non-hydrogen) atoms. The van der Waals surface area contributed by atoms with E-state index >= 15 is 0 Å². The molecule has 124 valence electrons. The first-order chi connectivity index (χ1) is 9.77. The van der Waals surface area contributed by atoms with Gasteiger partial charge in [0.25, 0.3) is 0 Å². The van der Waals surface area contributed by atoms with Crippen molar-refractivity contribution in [2.45, 2.75) is 84.0 Å². The molecule has 2 nitrogen and oxygen atoms in total. The molecule has 0 spiro atoms. The molecule has 0 aliphatic heterocycles. The number of carbonyl (C=O) groups is 1. The lowest BCUT2D eigenvalue weighted by atomic mass is 10.1. The predicted molar refractivity (Wildman–Crippen MR) is 102 cm³/mol. The zero-order valence-corrected chi connectivity index (χ0v) is 15.9. The van der Waals surface area contributed by atoms with Gasteiger partial charge in [0.1, 0.15) is 0 Å². The minimum absolute atomic E-state index is 0. The monoisotopic (exact) mass is 408 g/mol. The molecule has 0 aromatic rings. The molecule has 0 aliphatic rings. The summed E-state index contributed by atoms with van der Waals surface area (Å²) in [6, 6.07) is 0. The Morgan fingerprint density at radius 1 is 0.810 bits per heavy atom. The second-order valence-corrected chi connectivity index (χ2v) is 5.37. The number of halogens is 1. The van der Waals surface area contributed by atoms with Crippen LogP contribution in [0.3, 0.4) is 0 Å². The number of hydrogen-bond acceptors (Lipinski definition) is 1. The van der Waals surface area contributed by atoms with E-state index in [-0.39, 0.29) is 24.0 Å². The number of carboxylic acid groups (broad SMARTS) is 1.